The minimum atomic E-state index is -0.554. The van der Waals surface area contributed by atoms with Gasteiger partial charge in [0.05, 0.1) is 16.5 Å². The SMILES string of the molecule is CC(C)(NC(=O)c1cccc(-c2cnc3oc(-c4ccc(F)cc4)c(C=O)c3c2)c1)c1ccccc1. The highest BCUT2D eigenvalue weighted by molar-refractivity contribution is 6.03. The summed E-state index contributed by atoms with van der Waals surface area (Å²) < 4.78 is 19.2. The molecular formula is C30H23FN2O3. The number of hydrogen-bond acceptors (Lipinski definition) is 4. The Bertz CT molecular complexity index is 1570. The molecule has 2 heterocycles. The van der Waals surface area contributed by atoms with Crippen molar-refractivity contribution >= 4 is 23.3 Å². The number of furan rings is 1. The molecule has 5 aromatic rings. The van der Waals surface area contributed by atoms with Crippen molar-refractivity contribution in [2.24, 2.45) is 0 Å². The third kappa shape index (κ3) is 4.41. The van der Waals surface area contributed by atoms with Crippen LogP contribution < -0.4 is 5.32 Å². The summed E-state index contributed by atoms with van der Waals surface area (Å²) >= 11 is 0. The number of carbonyl (C=O) groups is 2. The van der Waals surface area contributed by atoms with Gasteiger partial charge >= 0.3 is 0 Å². The van der Waals surface area contributed by atoms with Gasteiger partial charge < -0.3 is 9.73 Å². The van der Waals surface area contributed by atoms with Crippen molar-refractivity contribution in [2.75, 3.05) is 0 Å². The van der Waals surface area contributed by atoms with Crippen molar-refractivity contribution in [3.05, 3.63) is 114 Å². The second kappa shape index (κ2) is 9.23. The van der Waals surface area contributed by atoms with Gasteiger partial charge in [0.25, 0.3) is 5.91 Å². The third-order valence-electron chi connectivity index (χ3n) is 6.19. The molecular weight excluding hydrogens is 455 g/mol. The van der Waals surface area contributed by atoms with E-state index in [4.69, 9.17) is 4.42 Å². The highest BCUT2D eigenvalue weighted by atomic mass is 19.1. The summed E-state index contributed by atoms with van der Waals surface area (Å²) in [4.78, 5) is 29.5. The van der Waals surface area contributed by atoms with Crippen LogP contribution in [-0.4, -0.2) is 17.2 Å². The van der Waals surface area contributed by atoms with E-state index in [2.05, 4.69) is 10.3 Å². The van der Waals surface area contributed by atoms with Gasteiger partial charge in [-0.05, 0) is 67.4 Å². The van der Waals surface area contributed by atoms with Gasteiger partial charge in [0, 0.05) is 22.9 Å². The van der Waals surface area contributed by atoms with E-state index in [1.165, 1.54) is 12.1 Å². The molecule has 0 atom stereocenters. The van der Waals surface area contributed by atoms with E-state index in [-0.39, 0.29) is 11.7 Å². The number of aromatic nitrogens is 1. The summed E-state index contributed by atoms with van der Waals surface area (Å²) in [6.45, 7) is 3.92. The fourth-order valence-electron chi connectivity index (χ4n) is 4.21. The third-order valence-corrected chi connectivity index (χ3v) is 6.19. The van der Waals surface area contributed by atoms with E-state index < -0.39 is 5.54 Å². The van der Waals surface area contributed by atoms with Gasteiger partial charge in [0.15, 0.2) is 6.29 Å². The molecule has 3 aromatic carbocycles. The number of hydrogen-bond donors (Lipinski definition) is 1. The van der Waals surface area contributed by atoms with Crippen LogP contribution >= 0.6 is 0 Å². The van der Waals surface area contributed by atoms with Gasteiger partial charge in [-0.25, -0.2) is 9.37 Å². The average molecular weight is 479 g/mol. The number of halogens is 1. The highest BCUT2D eigenvalue weighted by Gasteiger charge is 2.23. The average Bonchev–Trinajstić information content (AvgIpc) is 3.27. The molecule has 0 aliphatic heterocycles. The number of aldehydes is 1. The Morgan fingerprint density at radius 2 is 1.67 bits per heavy atom. The van der Waals surface area contributed by atoms with Crippen LogP contribution in [0.4, 0.5) is 4.39 Å². The van der Waals surface area contributed by atoms with E-state index in [1.807, 2.05) is 62.4 Å². The Hall–Kier alpha value is -4.58. The van der Waals surface area contributed by atoms with Crippen LogP contribution in [0.3, 0.4) is 0 Å². The molecule has 0 saturated heterocycles. The molecule has 1 amide bonds. The van der Waals surface area contributed by atoms with Crippen molar-refractivity contribution in [3.8, 4) is 22.5 Å². The lowest BCUT2D eigenvalue weighted by Crippen LogP contribution is -2.40. The van der Waals surface area contributed by atoms with Crippen LogP contribution in [0.1, 0.15) is 40.1 Å². The van der Waals surface area contributed by atoms with E-state index in [0.29, 0.717) is 39.8 Å². The van der Waals surface area contributed by atoms with Crippen LogP contribution in [0.2, 0.25) is 0 Å². The number of nitrogens with zero attached hydrogens (tertiary/aromatic N) is 1. The summed E-state index contributed by atoms with van der Waals surface area (Å²) in [6.07, 6.45) is 2.35. The molecule has 2 aromatic heterocycles. The molecule has 0 aliphatic carbocycles. The van der Waals surface area contributed by atoms with E-state index in [0.717, 1.165) is 16.7 Å². The zero-order chi connectivity index (χ0) is 25.3. The standard InChI is InChI=1S/C30H23FN2O3/c1-30(2,23-9-4-3-5-10-23)33-28(35)21-8-6-7-20(15-21)22-16-25-26(18-34)27(36-29(25)32-17-22)19-11-13-24(31)14-12-19/h3-18H,1-2H3,(H,33,35). The van der Waals surface area contributed by atoms with Gasteiger partial charge in [-0.3, -0.25) is 9.59 Å². The van der Waals surface area contributed by atoms with E-state index in [9.17, 15) is 14.0 Å². The first-order valence-corrected chi connectivity index (χ1v) is 11.5. The Morgan fingerprint density at radius 3 is 2.39 bits per heavy atom. The largest absolute Gasteiger partial charge is 0.437 e. The van der Waals surface area contributed by atoms with Gasteiger partial charge in [-0.15, -0.1) is 0 Å². The number of carbonyl (C=O) groups excluding carboxylic acids is 2. The summed E-state index contributed by atoms with van der Waals surface area (Å²) in [7, 11) is 0. The molecule has 5 nitrogen and oxygen atoms in total. The first kappa shape index (κ1) is 23.2. The zero-order valence-electron chi connectivity index (χ0n) is 19.8. The van der Waals surface area contributed by atoms with Crippen molar-refractivity contribution in [1.82, 2.24) is 10.3 Å². The number of rotatable bonds is 6. The Labute approximate surface area is 207 Å². The molecule has 0 saturated carbocycles. The topological polar surface area (TPSA) is 72.2 Å². The van der Waals surface area contributed by atoms with Crippen LogP contribution in [-0.2, 0) is 5.54 Å². The fourth-order valence-corrected chi connectivity index (χ4v) is 4.21. The van der Waals surface area contributed by atoms with Gasteiger partial charge in [-0.1, -0.05) is 42.5 Å². The lowest BCUT2D eigenvalue weighted by atomic mass is 9.93. The monoisotopic (exact) mass is 478 g/mol. The zero-order valence-corrected chi connectivity index (χ0v) is 19.8. The molecule has 178 valence electrons. The maximum absolute atomic E-state index is 13.4. The summed E-state index contributed by atoms with van der Waals surface area (Å²) in [5.74, 6) is -0.241. The maximum atomic E-state index is 13.4. The normalized spacial score (nSPS) is 11.4. The molecule has 36 heavy (non-hydrogen) atoms. The molecule has 5 rings (SSSR count). The van der Waals surface area contributed by atoms with Crippen molar-refractivity contribution in [2.45, 2.75) is 19.4 Å². The lowest BCUT2D eigenvalue weighted by molar-refractivity contribution is 0.0911. The maximum Gasteiger partial charge on any atom is 0.251 e. The molecule has 6 heteroatoms. The predicted octanol–water partition coefficient (Wildman–Crippen LogP) is 6.78. The van der Waals surface area contributed by atoms with E-state index >= 15 is 0 Å². The van der Waals surface area contributed by atoms with Crippen molar-refractivity contribution in [3.63, 3.8) is 0 Å². The van der Waals surface area contributed by atoms with Crippen LogP contribution in [0.5, 0.6) is 0 Å². The summed E-state index contributed by atoms with van der Waals surface area (Å²) in [5.41, 5.74) is 3.68. The minimum absolute atomic E-state index is 0.199. The van der Waals surface area contributed by atoms with Gasteiger partial charge in [-0.2, -0.15) is 0 Å². The Kier molecular flexibility index (Phi) is 5.94. The number of pyridine rings is 1. The second-order valence-corrected chi connectivity index (χ2v) is 9.07. The molecule has 0 aliphatic rings. The molecule has 0 unspecified atom stereocenters. The highest BCUT2D eigenvalue weighted by Crippen LogP contribution is 2.34. The minimum Gasteiger partial charge on any atom is -0.437 e. The molecule has 1 N–H and O–H groups in total. The molecule has 0 bridgehead atoms. The Balaban J connectivity index is 1.48. The van der Waals surface area contributed by atoms with Crippen LogP contribution in [0.15, 0.2) is 95.5 Å². The second-order valence-electron chi connectivity index (χ2n) is 9.07. The van der Waals surface area contributed by atoms with Crippen molar-refractivity contribution in [1.29, 1.82) is 0 Å². The summed E-state index contributed by atoms with van der Waals surface area (Å²) in [5, 5.41) is 3.64. The quantitative estimate of drug-likeness (QED) is 0.273. The van der Waals surface area contributed by atoms with Crippen LogP contribution in [0, 0.1) is 5.82 Å². The van der Waals surface area contributed by atoms with Gasteiger partial charge in [0.1, 0.15) is 11.6 Å². The molecule has 0 spiro atoms. The number of nitrogens with one attached hydrogen (secondary N) is 1. The first-order valence-electron chi connectivity index (χ1n) is 11.5. The smallest absolute Gasteiger partial charge is 0.251 e. The van der Waals surface area contributed by atoms with Crippen LogP contribution in [0.25, 0.3) is 33.6 Å². The number of benzene rings is 3. The number of amides is 1. The molecule has 0 radical (unpaired) electrons. The van der Waals surface area contributed by atoms with Gasteiger partial charge in [0.2, 0.25) is 5.71 Å². The molecule has 0 fully saturated rings. The Morgan fingerprint density at radius 1 is 0.917 bits per heavy atom. The first-order chi connectivity index (χ1) is 17.4. The lowest BCUT2D eigenvalue weighted by Gasteiger charge is -2.27. The fraction of sp³-hybridized carbons (Fsp3) is 0.100. The summed E-state index contributed by atoms with van der Waals surface area (Å²) in [6, 6.07) is 24.6. The van der Waals surface area contributed by atoms with E-state index in [1.54, 1.807) is 30.5 Å². The number of fused-ring (bicyclic) bond motifs is 1. The van der Waals surface area contributed by atoms with Crippen molar-refractivity contribution < 1.29 is 18.4 Å². The predicted molar refractivity (Wildman–Crippen MR) is 137 cm³/mol.